The van der Waals surface area contributed by atoms with E-state index in [1.807, 2.05) is 30.3 Å². The normalized spacial score (nSPS) is 17.7. The molecule has 3 aliphatic heterocycles. The van der Waals surface area contributed by atoms with Crippen molar-refractivity contribution >= 4 is 35.3 Å². The van der Waals surface area contributed by atoms with Crippen molar-refractivity contribution in [3.05, 3.63) is 107 Å². The second-order valence-electron chi connectivity index (χ2n) is 14.4. The number of ether oxygens (including phenoxy) is 2. The van der Waals surface area contributed by atoms with Gasteiger partial charge in [-0.2, -0.15) is 0 Å². The fourth-order valence-corrected chi connectivity index (χ4v) is 6.96. The van der Waals surface area contributed by atoms with E-state index in [2.05, 4.69) is 70.6 Å². The molecule has 0 spiro atoms. The van der Waals surface area contributed by atoms with Gasteiger partial charge in [-0.15, -0.1) is 0 Å². The second kappa shape index (κ2) is 15.7. The van der Waals surface area contributed by atoms with E-state index in [9.17, 15) is 19.2 Å². The minimum absolute atomic E-state index is 0.0810. The number of likely N-dealkylation sites (N-methyl/N-ethyl adjacent to an activating group) is 1. The molecule has 2 fully saturated rings. The number of nitrogens with zero attached hydrogens (tertiary/aromatic N) is 5. The van der Waals surface area contributed by atoms with Crippen LogP contribution in [0.4, 0.5) is 11.6 Å². The summed E-state index contributed by atoms with van der Waals surface area (Å²) in [6.45, 7) is 9.65. The SMILES string of the molecule is CN1CCN(c2nccc(COc3ccc(C(C)(C)c4ccc(OCCCNc5ccc6c(c5)C(=O)N(C5CCC(=O)NC5=O)C6=O)cc4)cc3)n2)CC1. The third kappa shape index (κ3) is 7.91. The van der Waals surface area contributed by atoms with E-state index >= 15 is 0 Å². The van der Waals surface area contributed by atoms with Gasteiger partial charge in [-0.05, 0) is 79.5 Å². The molecule has 4 amide bonds. The van der Waals surface area contributed by atoms with Crippen LogP contribution in [0.1, 0.15) is 70.6 Å². The summed E-state index contributed by atoms with van der Waals surface area (Å²) in [4.78, 5) is 64.6. The van der Waals surface area contributed by atoms with Crippen molar-refractivity contribution in [3.8, 4) is 11.5 Å². The predicted molar refractivity (Wildman–Crippen MR) is 203 cm³/mol. The van der Waals surface area contributed by atoms with Crippen LogP contribution in [-0.4, -0.2) is 95.8 Å². The number of fused-ring (bicyclic) bond motifs is 1. The first-order valence-electron chi connectivity index (χ1n) is 18.4. The topological polar surface area (TPSA) is 146 Å². The third-order valence-corrected chi connectivity index (χ3v) is 10.4. The molecule has 280 valence electrons. The third-order valence-electron chi connectivity index (χ3n) is 10.4. The molecule has 0 radical (unpaired) electrons. The molecule has 0 aliphatic carbocycles. The van der Waals surface area contributed by atoms with E-state index < -0.39 is 29.7 Å². The molecule has 13 nitrogen and oxygen atoms in total. The lowest BCUT2D eigenvalue weighted by atomic mass is 9.78. The van der Waals surface area contributed by atoms with Gasteiger partial charge in [0, 0.05) is 56.4 Å². The van der Waals surface area contributed by atoms with Gasteiger partial charge in [0.1, 0.15) is 24.1 Å². The Bertz CT molecular complexity index is 2030. The van der Waals surface area contributed by atoms with Gasteiger partial charge in [0.15, 0.2) is 0 Å². The van der Waals surface area contributed by atoms with Crippen molar-refractivity contribution in [2.45, 2.75) is 51.2 Å². The molecular weight excluding hydrogens is 686 g/mol. The van der Waals surface area contributed by atoms with Gasteiger partial charge in [0.2, 0.25) is 17.8 Å². The first-order chi connectivity index (χ1) is 26.1. The average Bonchev–Trinajstić information content (AvgIpc) is 3.42. The highest BCUT2D eigenvalue weighted by atomic mass is 16.5. The van der Waals surface area contributed by atoms with Crippen molar-refractivity contribution in [2.75, 3.05) is 56.6 Å². The minimum atomic E-state index is -0.987. The van der Waals surface area contributed by atoms with E-state index in [0.29, 0.717) is 31.9 Å². The number of carbonyl (C=O) groups excluding carboxylic acids is 4. The minimum Gasteiger partial charge on any atom is -0.494 e. The molecule has 4 heterocycles. The van der Waals surface area contributed by atoms with Crippen molar-refractivity contribution in [1.29, 1.82) is 0 Å². The summed E-state index contributed by atoms with van der Waals surface area (Å²) in [5, 5.41) is 5.50. The van der Waals surface area contributed by atoms with Crippen molar-refractivity contribution in [2.24, 2.45) is 0 Å². The Balaban J connectivity index is 0.861. The Kier molecular flexibility index (Phi) is 10.6. The van der Waals surface area contributed by atoms with Crippen molar-refractivity contribution in [1.82, 2.24) is 25.1 Å². The molecule has 3 aromatic carbocycles. The van der Waals surface area contributed by atoms with Gasteiger partial charge in [-0.1, -0.05) is 38.1 Å². The standard InChI is InChI=1S/C41H45N7O6/c1-41(2,28-7-12-32(13-8-28)54-26-30-17-19-43-40(44-30)47-22-20-46(3)21-23-47)27-5-10-31(11-6-27)53-24-4-18-42-29-9-14-33-34(25-29)39(52)48(38(33)51)35-15-16-36(49)45-37(35)50/h5-14,17,19,25,35,42H,4,15-16,18,20-24,26H2,1-3H3,(H,45,49,50). The summed E-state index contributed by atoms with van der Waals surface area (Å²) in [6, 6.07) is 22.2. The zero-order valence-corrected chi connectivity index (χ0v) is 30.8. The number of nitrogens with one attached hydrogen (secondary N) is 2. The lowest BCUT2D eigenvalue weighted by Crippen LogP contribution is -2.54. The van der Waals surface area contributed by atoms with Crippen LogP contribution in [0.2, 0.25) is 0 Å². The van der Waals surface area contributed by atoms with Gasteiger partial charge in [-0.3, -0.25) is 29.4 Å². The van der Waals surface area contributed by atoms with Gasteiger partial charge in [0.25, 0.3) is 11.8 Å². The van der Waals surface area contributed by atoms with Gasteiger partial charge in [0.05, 0.1) is 23.4 Å². The summed E-state index contributed by atoms with van der Waals surface area (Å²) >= 11 is 0. The molecule has 1 aromatic heterocycles. The van der Waals surface area contributed by atoms with Gasteiger partial charge < -0.3 is 24.6 Å². The molecular formula is C41H45N7O6. The number of hydrogen-bond acceptors (Lipinski definition) is 11. The van der Waals surface area contributed by atoms with Gasteiger partial charge in [-0.25, -0.2) is 9.97 Å². The molecule has 2 N–H and O–H groups in total. The summed E-state index contributed by atoms with van der Waals surface area (Å²) < 4.78 is 12.1. The molecule has 0 saturated carbocycles. The van der Waals surface area contributed by atoms with Gasteiger partial charge >= 0.3 is 0 Å². The first kappa shape index (κ1) is 36.5. The maximum absolute atomic E-state index is 13.1. The number of piperazine rings is 1. The van der Waals surface area contributed by atoms with Crippen LogP contribution in [0.15, 0.2) is 79.0 Å². The Morgan fingerprint density at radius 3 is 2.19 bits per heavy atom. The number of hydrogen-bond donors (Lipinski definition) is 2. The molecule has 54 heavy (non-hydrogen) atoms. The monoisotopic (exact) mass is 731 g/mol. The number of piperidine rings is 1. The molecule has 0 bridgehead atoms. The number of aromatic nitrogens is 2. The Hall–Kier alpha value is -5.82. The van der Waals surface area contributed by atoms with E-state index in [1.165, 1.54) is 0 Å². The lowest BCUT2D eigenvalue weighted by Gasteiger charge is -2.32. The van der Waals surface area contributed by atoms with Crippen LogP contribution < -0.4 is 25.0 Å². The smallest absolute Gasteiger partial charge is 0.262 e. The quantitative estimate of drug-likeness (QED) is 0.149. The average molecular weight is 732 g/mol. The molecule has 7 rings (SSSR count). The largest absolute Gasteiger partial charge is 0.494 e. The molecule has 1 unspecified atom stereocenters. The molecule has 2 saturated heterocycles. The van der Waals surface area contributed by atoms with Crippen molar-refractivity contribution < 1.29 is 28.7 Å². The van der Waals surface area contributed by atoms with Crippen LogP contribution in [0.3, 0.4) is 0 Å². The highest BCUT2D eigenvalue weighted by Gasteiger charge is 2.44. The van der Waals surface area contributed by atoms with Crippen LogP contribution in [0.5, 0.6) is 11.5 Å². The van der Waals surface area contributed by atoms with Crippen LogP contribution >= 0.6 is 0 Å². The van der Waals surface area contributed by atoms with E-state index in [1.54, 1.807) is 24.4 Å². The number of rotatable bonds is 13. The van der Waals surface area contributed by atoms with Crippen LogP contribution in [-0.2, 0) is 21.6 Å². The highest BCUT2D eigenvalue weighted by Crippen LogP contribution is 2.34. The van der Waals surface area contributed by atoms with E-state index in [-0.39, 0.29) is 29.4 Å². The second-order valence-corrected chi connectivity index (χ2v) is 14.4. The summed E-state index contributed by atoms with van der Waals surface area (Å²) in [7, 11) is 2.13. The maximum Gasteiger partial charge on any atom is 0.262 e. The highest BCUT2D eigenvalue weighted by molar-refractivity contribution is 6.23. The number of carbonyl (C=O) groups is 4. The summed E-state index contributed by atoms with van der Waals surface area (Å²) in [6.07, 6.45) is 2.70. The summed E-state index contributed by atoms with van der Waals surface area (Å²) in [5.41, 5.74) is 4.10. The van der Waals surface area contributed by atoms with E-state index in [4.69, 9.17) is 14.5 Å². The molecule has 1 atom stereocenters. The maximum atomic E-state index is 13.1. The fourth-order valence-electron chi connectivity index (χ4n) is 6.96. The molecule has 4 aromatic rings. The Morgan fingerprint density at radius 1 is 0.833 bits per heavy atom. The molecule has 3 aliphatic rings. The van der Waals surface area contributed by atoms with Crippen molar-refractivity contribution in [3.63, 3.8) is 0 Å². The number of benzene rings is 3. The first-order valence-corrected chi connectivity index (χ1v) is 18.4. The predicted octanol–water partition coefficient (Wildman–Crippen LogP) is 4.42. The van der Waals surface area contributed by atoms with Crippen LogP contribution in [0, 0.1) is 0 Å². The zero-order valence-electron chi connectivity index (χ0n) is 30.8. The number of anilines is 2. The summed E-state index contributed by atoms with van der Waals surface area (Å²) in [5.74, 6) is 0.230. The Labute approximate surface area is 314 Å². The molecule has 13 heteroatoms. The fraction of sp³-hybridized carbons (Fsp3) is 0.366. The van der Waals surface area contributed by atoms with E-state index in [0.717, 1.165) is 65.3 Å². The number of amides is 4. The lowest BCUT2D eigenvalue weighted by molar-refractivity contribution is -0.136. The van der Waals surface area contributed by atoms with Crippen LogP contribution in [0.25, 0.3) is 0 Å². The Morgan fingerprint density at radius 2 is 1.50 bits per heavy atom. The zero-order chi connectivity index (χ0) is 37.8. The number of imide groups is 2.